The first-order valence-corrected chi connectivity index (χ1v) is 7.16. The minimum absolute atomic E-state index is 0.0972. The molecule has 3 aromatic rings. The van der Waals surface area contributed by atoms with Gasteiger partial charge in [0, 0.05) is 11.1 Å². The van der Waals surface area contributed by atoms with E-state index in [0.29, 0.717) is 16.6 Å². The Bertz CT molecular complexity index is 921. The predicted molar refractivity (Wildman–Crippen MR) is 84.1 cm³/mol. The largest absolute Gasteiger partial charge is 0.486 e. The second kappa shape index (κ2) is 6.23. The molecule has 1 N–H and O–H groups in total. The molecule has 0 radical (unpaired) electrons. The zero-order valence-corrected chi connectivity index (χ0v) is 12.7. The zero-order valence-electron chi connectivity index (χ0n) is 12.7. The smallest absolute Gasteiger partial charge is 0.336 e. The van der Waals surface area contributed by atoms with Gasteiger partial charge in [-0.3, -0.25) is 0 Å². The standard InChI is InChI=1S/C18H13F2NO3/c1-10-8-12(18(22)23)11-4-2-7-16(17(11)21-10)24-9-13-14(19)5-3-6-15(13)20/h2-8H,9H2,1H3,(H,22,23). The van der Waals surface area contributed by atoms with Crippen molar-refractivity contribution in [3.63, 3.8) is 0 Å². The number of carbonyl (C=O) groups is 1. The molecule has 4 nitrogen and oxygen atoms in total. The molecule has 0 aliphatic heterocycles. The van der Waals surface area contributed by atoms with Crippen LogP contribution in [0.5, 0.6) is 5.75 Å². The first-order valence-electron chi connectivity index (χ1n) is 7.16. The number of nitrogens with zero attached hydrogens (tertiary/aromatic N) is 1. The summed E-state index contributed by atoms with van der Waals surface area (Å²) in [6.45, 7) is 1.34. The molecule has 0 amide bonds. The fourth-order valence-electron chi connectivity index (χ4n) is 2.46. The highest BCUT2D eigenvalue weighted by Gasteiger charge is 2.15. The number of para-hydroxylation sites is 1. The van der Waals surface area contributed by atoms with E-state index in [0.717, 1.165) is 12.1 Å². The lowest BCUT2D eigenvalue weighted by Gasteiger charge is -2.11. The maximum absolute atomic E-state index is 13.7. The summed E-state index contributed by atoms with van der Waals surface area (Å²) in [4.78, 5) is 15.7. The van der Waals surface area contributed by atoms with E-state index in [2.05, 4.69) is 4.98 Å². The number of carboxylic acid groups (broad SMARTS) is 1. The Morgan fingerprint density at radius 2 is 1.83 bits per heavy atom. The zero-order chi connectivity index (χ0) is 17.3. The van der Waals surface area contributed by atoms with E-state index >= 15 is 0 Å². The van der Waals surface area contributed by atoms with Gasteiger partial charge in [-0.25, -0.2) is 18.6 Å². The topological polar surface area (TPSA) is 59.4 Å². The molecule has 24 heavy (non-hydrogen) atoms. The number of rotatable bonds is 4. The summed E-state index contributed by atoms with van der Waals surface area (Å²) in [5.41, 5.74) is 0.750. The Kier molecular flexibility index (Phi) is 4.12. The molecule has 0 unspecified atom stereocenters. The maximum atomic E-state index is 13.7. The van der Waals surface area contributed by atoms with Crippen molar-refractivity contribution in [2.75, 3.05) is 0 Å². The Labute approximate surface area is 136 Å². The highest BCUT2D eigenvalue weighted by atomic mass is 19.1. The van der Waals surface area contributed by atoms with Crippen molar-refractivity contribution in [3.05, 3.63) is 70.9 Å². The molecule has 0 spiro atoms. The Morgan fingerprint density at radius 3 is 2.50 bits per heavy atom. The molecule has 1 heterocycles. The van der Waals surface area contributed by atoms with Gasteiger partial charge in [0.05, 0.1) is 11.1 Å². The van der Waals surface area contributed by atoms with Crippen molar-refractivity contribution in [2.45, 2.75) is 13.5 Å². The number of aromatic carboxylic acids is 1. The number of ether oxygens (including phenoxy) is 1. The predicted octanol–water partition coefficient (Wildman–Crippen LogP) is 4.10. The molecular weight excluding hydrogens is 316 g/mol. The van der Waals surface area contributed by atoms with E-state index < -0.39 is 17.6 Å². The summed E-state index contributed by atoms with van der Waals surface area (Å²) in [7, 11) is 0. The van der Waals surface area contributed by atoms with Crippen LogP contribution in [0.2, 0.25) is 0 Å². The minimum atomic E-state index is -1.08. The third-order valence-electron chi connectivity index (χ3n) is 3.59. The van der Waals surface area contributed by atoms with Crippen molar-refractivity contribution in [3.8, 4) is 5.75 Å². The molecule has 0 aliphatic rings. The van der Waals surface area contributed by atoms with Crippen molar-refractivity contribution in [1.82, 2.24) is 4.98 Å². The third-order valence-corrected chi connectivity index (χ3v) is 3.59. The van der Waals surface area contributed by atoms with Crippen LogP contribution in [0.15, 0.2) is 42.5 Å². The third kappa shape index (κ3) is 2.90. The van der Waals surface area contributed by atoms with Crippen LogP contribution in [0.1, 0.15) is 21.6 Å². The fourth-order valence-corrected chi connectivity index (χ4v) is 2.46. The van der Waals surface area contributed by atoms with Gasteiger partial charge in [0.25, 0.3) is 0 Å². The molecule has 0 saturated heterocycles. The van der Waals surface area contributed by atoms with Crippen LogP contribution in [0.4, 0.5) is 8.78 Å². The second-order valence-corrected chi connectivity index (χ2v) is 5.26. The summed E-state index contributed by atoms with van der Waals surface area (Å²) >= 11 is 0. The molecule has 3 rings (SSSR count). The van der Waals surface area contributed by atoms with Crippen LogP contribution < -0.4 is 4.74 Å². The van der Waals surface area contributed by atoms with Gasteiger partial charge in [-0.15, -0.1) is 0 Å². The van der Waals surface area contributed by atoms with Crippen LogP contribution >= 0.6 is 0 Å². The van der Waals surface area contributed by atoms with Crippen LogP contribution in [0.3, 0.4) is 0 Å². The Hall–Kier alpha value is -3.02. The van der Waals surface area contributed by atoms with Crippen molar-refractivity contribution in [2.24, 2.45) is 0 Å². The maximum Gasteiger partial charge on any atom is 0.336 e. The molecule has 6 heteroatoms. The quantitative estimate of drug-likeness (QED) is 0.783. The average Bonchev–Trinajstić information content (AvgIpc) is 2.53. The van der Waals surface area contributed by atoms with Gasteiger partial charge in [-0.05, 0) is 31.2 Å². The molecule has 1 aromatic heterocycles. The van der Waals surface area contributed by atoms with Gasteiger partial charge < -0.3 is 9.84 Å². The first kappa shape index (κ1) is 15.9. The van der Waals surface area contributed by atoms with Gasteiger partial charge in [-0.1, -0.05) is 18.2 Å². The second-order valence-electron chi connectivity index (χ2n) is 5.26. The lowest BCUT2D eigenvalue weighted by atomic mass is 10.1. The molecule has 122 valence electrons. The van der Waals surface area contributed by atoms with Gasteiger partial charge in [0.2, 0.25) is 0 Å². The van der Waals surface area contributed by atoms with Gasteiger partial charge in [0.15, 0.2) is 0 Å². The molecular formula is C18H13F2NO3. The molecule has 2 aromatic carbocycles. The number of benzene rings is 2. The summed E-state index contributed by atoms with van der Waals surface area (Å²) in [5, 5.41) is 9.71. The molecule has 0 atom stereocenters. The van der Waals surface area contributed by atoms with Crippen molar-refractivity contribution < 1.29 is 23.4 Å². The van der Waals surface area contributed by atoms with Crippen LogP contribution in [0.25, 0.3) is 10.9 Å². The highest BCUT2D eigenvalue weighted by molar-refractivity contribution is 6.04. The summed E-state index contributed by atoms with van der Waals surface area (Å²) in [6.07, 6.45) is 0. The summed E-state index contributed by atoms with van der Waals surface area (Å²) in [6, 6.07) is 9.84. The van der Waals surface area contributed by atoms with Crippen LogP contribution in [-0.2, 0) is 6.61 Å². The number of fused-ring (bicyclic) bond motifs is 1. The first-order chi connectivity index (χ1) is 11.5. The van der Waals surface area contributed by atoms with Gasteiger partial charge >= 0.3 is 5.97 Å². The molecule has 0 fully saturated rings. The van der Waals surface area contributed by atoms with E-state index in [9.17, 15) is 18.7 Å². The molecule has 0 aliphatic carbocycles. The number of aryl methyl sites for hydroxylation is 1. The highest BCUT2D eigenvalue weighted by Crippen LogP contribution is 2.28. The fraction of sp³-hybridized carbons (Fsp3) is 0.111. The van der Waals surface area contributed by atoms with Gasteiger partial charge in [-0.2, -0.15) is 0 Å². The van der Waals surface area contributed by atoms with Crippen molar-refractivity contribution >= 4 is 16.9 Å². The molecule has 0 saturated carbocycles. The average molecular weight is 329 g/mol. The van der Waals surface area contributed by atoms with Crippen LogP contribution in [-0.4, -0.2) is 16.1 Å². The number of halogens is 2. The number of aromatic nitrogens is 1. The minimum Gasteiger partial charge on any atom is -0.486 e. The Balaban J connectivity index is 2.03. The lowest BCUT2D eigenvalue weighted by molar-refractivity contribution is 0.0699. The van der Waals surface area contributed by atoms with E-state index in [1.54, 1.807) is 25.1 Å². The number of hydrogen-bond acceptors (Lipinski definition) is 3. The Morgan fingerprint density at radius 1 is 1.17 bits per heavy atom. The summed E-state index contributed by atoms with van der Waals surface area (Å²) < 4.78 is 32.9. The summed E-state index contributed by atoms with van der Waals surface area (Å²) in [5.74, 6) is -2.22. The van der Waals surface area contributed by atoms with E-state index in [1.807, 2.05) is 0 Å². The normalized spacial score (nSPS) is 10.8. The van der Waals surface area contributed by atoms with Crippen LogP contribution in [0, 0.1) is 18.6 Å². The number of hydrogen-bond donors (Lipinski definition) is 1. The van der Waals surface area contributed by atoms with Crippen molar-refractivity contribution in [1.29, 1.82) is 0 Å². The van der Waals surface area contributed by atoms with Gasteiger partial charge in [0.1, 0.15) is 29.5 Å². The van der Waals surface area contributed by atoms with E-state index in [1.165, 1.54) is 12.1 Å². The molecule has 0 bridgehead atoms. The lowest BCUT2D eigenvalue weighted by Crippen LogP contribution is -2.04. The number of carboxylic acids is 1. The van der Waals surface area contributed by atoms with E-state index in [-0.39, 0.29) is 23.5 Å². The number of pyridine rings is 1. The monoisotopic (exact) mass is 329 g/mol. The SMILES string of the molecule is Cc1cc(C(=O)O)c2cccc(OCc3c(F)cccc3F)c2n1. The van der Waals surface area contributed by atoms with E-state index in [4.69, 9.17) is 4.74 Å².